The van der Waals surface area contributed by atoms with Crippen LogP contribution in [0.5, 0.6) is 0 Å². The van der Waals surface area contributed by atoms with Gasteiger partial charge in [0.05, 0.1) is 11.1 Å². The van der Waals surface area contributed by atoms with Crippen LogP contribution in [0.2, 0.25) is 0 Å². The van der Waals surface area contributed by atoms with Gasteiger partial charge in [-0.1, -0.05) is 12.8 Å². The highest BCUT2D eigenvalue weighted by Gasteiger charge is 2.17. The van der Waals surface area contributed by atoms with Crippen molar-refractivity contribution >= 4 is 22.8 Å². The van der Waals surface area contributed by atoms with Crippen molar-refractivity contribution < 1.29 is 0 Å². The molecule has 0 saturated carbocycles. The third-order valence-electron chi connectivity index (χ3n) is 3.01. The molecule has 0 aliphatic heterocycles. The summed E-state index contributed by atoms with van der Waals surface area (Å²) in [4.78, 5) is 9.82. The quantitative estimate of drug-likeness (QED) is 0.747. The van der Waals surface area contributed by atoms with Crippen molar-refractivity contribution in [2.75, 3.05) is 11.9 Å². The third kappa shape index (κ3) is 2.04. The van der Waals surface area contributed by atoms with E-state index in [1.165, 1.54) is 0 Å². The standard InChI is InChI=1S/C15H14N4S/c1-3-6-17-15-13(14-11(4-2)5-9-20-14)18-12-10-16-7-8-19(12)15/h2,5,7-10,17H,3,6H2,1H3. The Kier molecular flexibility index (Phi) is 3.40. The molecule has 0 amide bonds. The lowest BCUT2D eigenvalue weighted by atomic mass is 10.2. The Bertz CT molecular complexity index is 779. The van der Waals surface area contributed by atoms with E-state index in [0.29, 0.717) is 0 Å². The van der Waals surface area contributed by atoms with Crippen molar-refractivity contribution in [2.45, 2.75) is 13.3 Å². The van der Waals surface area contributed by atoms with E-state index < -0.39 is 0 Å². The van der Waals surface area contributed by atoms with Crippen molar-refractivity contribution in [3.8, 4) is 22.9 Å². The van der Waals surface area contributed by atoms with Crippen LogP contribution in [0.1, 0.15) is 18.9 Å². The molecule has 0 spiro atoms. The number of aromatic nitrogens is 3. The minimum Gasteiger partial charge on any atom is -0.369 e. The highest BCUT2D eigenvalue weighted by Crippen LogP contribution is 2.34. The van der Waals surface area contributed by atoms with Crippen molar-refractivity contribution in [1.29, 1.82) is 0 Å². The Morgan fingerprint density at radius 2 is 2.40 bits per heavy atom. The Hall–Kier alpha value is -2.32. The van der Waals surface area contributed by atoms with Gasteiger partial charge in [-0.15, -0.1) is 17.8 Å². The van der Waals surface area contributed by atoms with Crippen LogP contribution in [0.25, 0.3) is 16.2 Å². The second-order valence-electron chi connectivity index (χ2n) is 4.35. The maximum absolute atomic E-state index is 5.57. The van der Waals surface area contributed by atoms with Gasteiger partial charge in [0.25, 0.3) is 0 Å². The van der Waals surface area contributed by atoms with E-state index in [4.69, 9.17) is 6.42 Å². The van der Waals surface area contributed by atoms with Crippen LogP contribution in [-0.2, 0) is 0 Å². The molecule has 20 heavy (non-hydrogen) atoms. The Labute approximate surface area is 121 Å². The minimum absolute atomic E-state index is 0.817. The van der Waals surface area contributed by atoms with Crippen molar-refractivity contribution in [1.82, 2.24) is 14.4 Å². The maximum Gasteiger partial charge on any atom is 0.157 e. The molecule has 1 N–H and O–H groups in total. The molecular formula is C15H14N4S. The predicted molar refractivity (Wildman–Crippen MR) is 83.0 cm³/mol. The predicted octanol–water partition coefficient (Wildman–Crippen LogP) is 3.26. The van der Waals surface area contributed by atoms with Crippen molar-refractivity contribution in [3.63, 3.8) is 0 Å². The van der Waals surface area contributed by atoms with E-state index in [0.717, 1.165) is 40.6 Å². The fraction of sp³-hybridized carbons (Fsp3) is 0.200. The Balaban J connectivity index is 2.21. The SMILES string of the molecule is C#Cc1ccsc1-c1nc2cnccn2c1NCCC. The number of fused-ring (bicyclic) bond motifs is 1. The summed E-state index contributed by atoms with van der Waals surface area (Å²) in [6, 6.07) is 1.95. The molecule has 0 unspecified atom stereocenters. The zero-order chi connectivity index (χ0) is 13.9. The van der Waals surface area contributed by atoms with E-state index in [2.05, 4.69) is 28.1 Å². The number of hydrogen-bond donors (Lipinski definition) is 1. The van der Waals surface area contributed by atoms with Crippen LogP contribution in [0, 0.1) is 12.3 Å². The smallest absolute Gasteiger partial charge is 0.157 e. The van der Waals surface area contributed by atoms with Crippen LogP contribution in [-0.4, -0.2) is 20.9 Å². The van der Waals surface area contributed by atoms with Crippen molar-refractivity contribution in [2.24, 2.45) is 0 Å². The average molecular weight is 282 g/mol. The number of rotatable bonds is 4. The fourth-order valence-electron chi connectivity index (χ4n) is 2.08. The Morgan fingerprint density at radius 3 is 3.20 bits per heavy atom. The number of anilines is 1. The normalized spacial score (nSPS) is 10.6. The van der Waals surface area contributed by atoms with Crippen LogP contribution in [0.3, 0.4) is 0 Å². The summed E-state index contributed by atoms with van der Waals surface area (Å²) >= 11 is 1.61. The maximum atomic E-state index is 5.57. The summed E-state index contributed by atoms with van der Waals surface area (Å²) in [6.07, 6.45) is 12.0. The van der Waals surface area contributed by atoms with Gasteiger partial charge in [0, 0.05) is 24.5 Å². The number of thiophene rings is 1. The lowest BCUT2D eigenvalue weighted by Crippen LogP contribution is -2.03. The molecule has 0 bridgehead atoms. The topological polar surface area (TPSA) is 42.2 Å². The summed E-state index contributed by atoms with van der Waals surface area (Å²) in [7, 11) is 0. The molecule has 0 saturated heterocycles. The average Bonchev–Trinajstić information content (AvgIpc) is 3.08. The van der Waals surface area contributed by atoms with E-state index >= 15 is 0 Å². The third-order valence-corrected chi connectivity index (χ3v) is 3.93. The van der Waals surface area contributed by atoms with Crippen LogP contribution in [0.15, 0.2) is 30.0 Å². The van der Waals surface area contributed by atoms with Crippen LogP contribution < -0.4 is 5.32 Å². The molecule has 3 rings (SSSR count). The van der Waals surface area contributed by atoms with E-state index in [-0.39, 0.29) is 0 Å². The van der Waals surface area contributed by atoms with E-state index in [9.17, 15) is 0 Å². The number of hydrogen-bond acceptors (Lipinski definition) is 4. The highest BCUT2D eigenvalue weighted by molar-refractivity contribution is 7.13. The number of imidazole rings is 1. The van der Waals surface area contributed by atoms with Crippen LogP contribution in [0.4, 0.5) is 5.82 Å². The lowest BCUT2D eigenvalue weighted by molar-refractivity contribution is 0.962. The zero-order valence-corrected chi connectivity index (χ0v) is 11.9. The monoisotopic (exact) mass is 282 g/mol. The first-order valence-corrected chi connectivity index (χ1v) is 7.33. The molecule has 3 aromatic heterocycles. The zero-order valence-electron chi connectivity index (χ0n) is 11.1. The summed E-state index contributed by atoms with van der Waals surface area (Å²) in [6.45, 7) is 3.02. The van der Waals surface area contributed by atoms with Gasteiger partial charge in [-0.05, 0) is 17.9 Å². The van der Waals surface area contributed by atoms with E-state index in [1.54, 1.807) is 23.7 Å². The molecule has 3 heterocycles. The highest BCUT2D eigenvalue weighted by atomic mass is 32.1. The fourth-order valence-corrected chi connectivity index (χ4v) is 2.93. The molecule has 0 aliphatic carbocycles. The number of nitrogens with one attached hydrogen (secondary N) is 1. The Morgan fingerprint density at radius 1 is 1.50 bits per heavy atom. The van der Waals surface area contributed by atoms with Crippen LogP contribution >= 0.6 is 11.3 Å². The largest absolute Gasteiger partial charge is 0.369 e. The molecule has 0 aromatic carbocycles. The molecule has 3 aromatic rings. The van der Waals surface area contributed by atoms with Gasteiger partial charge < -0.3 is 5.32 Å². The van der Waals surface area contributed by atoms with Gasteiger partial charge in [-0.25, -0.2) is 4.98 Å². The van der Waals surface area contributed by atoms with Gasteiger partial charge in [-0.2, -0.15) is 0 Å². The summed E-state index contributed by atoms with van der Waals surface area (Å²) in [5, 5.41) is 5.43. The van der Waals surface area contributed by atoms with Gasteiger partial charge >= 0.3 is 0 Å². The molecule has 4 nitrogen and oxygen atoms in total. The molecule has 0 fully saturated rings. The van der Waals surface area contributed by atoms with Crippen molar-refractivity contribution in [3.05, 3.63) is 35.6 Å². The van der Waals surface area contributed by atoms with Gasteiger partial charge in [0.2, 0.25) is 0 Å². The first-order valence-electron chi connectivity index (χ1n) is 6.45. The summed E-state index contributed by atoms with van der Waals surface area (Å²) < 4.78 is 2.01. The minimum atomic E-state index is 0.817. The first-order chi connectivity index (χ1) is 9.85. The molecule has 0 radical (unpaired) electrons. The molecule has 5 heteroatoms. The first kappa shape index (κ1) is 12.7. The number of terminal acetylenes is 1. The molecule has 0 atom stereocenters. The van der Waals surface area contributed by atoms with Gasteiger partial charge in [0.1, 0.15) is 11.5 Å². The molecular weight excluding hydrogens is 268 g/mol. The van der Waals surface area contributed by atoms with Gasteiger partial charge in [-0.3, -0.25) is 9.38 Å². The summed E-state index contributed by atoms with van der Waals surface area (Å²) in [5.41, 5.74) is 2.60. The number of nitrogens with zero attached hydrogens (tertiary/aromatic N) is 3. The molecule has 0 aliphatic rings. The second kappa shape index (κ2) is 5.35. The lowest BCUT2D eigenvalue weighted by Gasteiger charge is -2.06. The second-order valence-corrected chi connectivity index (χ2v) is 5.26. The molecule has 100 valence electrons. The van der Waals surface area contributed by atoms with Gasteiger partial charge in [0.15, 0.2) is 5.65 Å². The van der Waals surface area contributed by atoms with E-state index in [1.807, 2.05) is 22.0 Å². The summed E-state index contributed by atoms with van der Waals surface area (Å²) in [5.74, 6) is 3.69.